The van der Waals surface area contributed by atoms with Gasteiger partial charge in [0.15, 0.2) is 0 Å². The van der Waals surface area contributed by atoms with Crippen LogP contribution in [-0.4, -0.2) is 31.5 Å². The van der Waals surface area contributed by atoms with Gasteiger partial charge >= 0.3 is 6.18 Å². The van der Waals surface area contributed by atoms with Gasteiger partial charge in [0.1, 0.15) is 6.54 Å². The summed E-state index contributed by atoms with van der Waals surface area (Å²) in [6, 6.07) is 7.27. The van der Waals surface area contributed by atoms with Crippen LogP contribution in [0.1, 0.15) is 24.0 Å². The van der Waals surface area contributed by atoms with Crippen molar-refractivity contribution >= 4 is 10.0 Å². The van der Waals surface area contributed by atoms with Gasteiger partial charge in [-0.25, -0.2) is 8.42 Å². The Hall–Kier alpha value is -1.59. The van der Waals surface area contributed by atoms with E-state index >= 15 is 0 Å². The first-order valence-corrected chi connectivity index (χ1v) is 7.88. The predicted molar refractivity (Wildman–Crippen MR) is 69.6 cm³/mol. The molecular formula is C13H13F3N2O2S. The van der Waals surface area contributed by atoms with Crippen molar-refractivity contribution < 1.29 is 21.6 Å². The Bertz CT molecular complexity index is 661. The third kappa shape index (κ3) is 4.19. The van der Waals surface area contributed by atoms with Gasteiger partial charge in [0.2, 0.25) is 10.0 Å². The molecule has 0 atom stereocenters. The number of benzene rings is 1. The lowest BCUT2D eigenvalue weighted by molar-refractivity contribution is -0.137. The third-order valence-electron chi connectivity index (χ3n) is 3.12. The molecule has 1 fully saturated rings. The summed E-state index contributed by atoms with van der Waals surface area (Å²) in [6.45, 7) is -1.48. The van der Waals surface area contributed by atoms with Gasteiger partial charge in [-0.05, 0) is 24.5 Å². The average molecular weight is 318 g/mol. The molecule has 1 aliphatic carbocycles. The Balaban J connectivity index is 2.25. The first-order valence-electron chi connectivity index (χ1n) is 6.27. The second kappa shape index (κ2) is 5.66. The molecule has 0 unspecified atom stereocenters. The zero-order chi connectivity index (χ0) is 15.7. The maximum absolute atomic E-state index is 12.5. The van der Waals surface area contributed by atoms with Crippen LogP contribution in [0.4, 0.5) is 13.2 Å². The van der Waals surface area contributed by atoms with Crippen LogP contribution in [0.2, 0.25) is 0 Å². The molecule has 8 heteroatoms. The Labute approximate surface area is 120 Å². The van der Waals surface area contributed by atoms with Gasteiger partial charge in [-0.2, -0.15) is 22.7 Å². The molecule has 0 amide bonds. The minimum absolute atomic E-state index is 0.156. The number of hydrogen-bond acceptors (Lipinski definition) is 3. The minimum Gasteiger partial charge on any atom is -0.212 e. The molecule has 4 nitrogen and oxygen atoms in total. The summed E-state index contributed by atoms with van der Waals surface area (Å²) < 4.78 is 62.7. The van der Waals surface area contributed by atoms with E-state index in [1.165, 1.54) is 12.1 Å². The topological polar surface area (TPSA) is 61.2 Å². The Morgan fingerprint density at radius 1 is 1.29 bits per heavy atom. The van der Waals surface area contributed by atoms with Gasteiger partial charge in [0.05, 0.1) is 17.4 Å². The molecule has 114 valence electrons. The van der Waals surface area contributed by atoms with Crippen molar-refractivity contribution in [2.45, 2.75) is 30.8 Å². The van der Waals surface area contributed by atoms with E-state index in [0.717, 1.165) is 0 Å². The highest BCUT2D eigenvalue weighted by atomic mass is 32.2. The predicted octanol–water partition coefficient (Wildman–Crippen LogP) is 2.41. The SMILES string of the molecule is N#Cc1ccccc1CS(=O)(=O)N(CC(F)(F)F)C1CC1. The number of nitriles is 1. The molecule has 0 saturated heterocycles. The summed E-state index contributed by atoms with van der Waals surface area (Å²) >= 11 is 0. The maximum Gasteiger partial charge on any atom is 0.402 e. The van der Waals surface area contributed by atoms with Gasteiger partial charge in [-0.15, -0.1) is 0 Å². The Morgan fingerprint density at radius 3 is 2.43 bits per heavy atom. The zero-order valence-electron chi connectivity index (χ0n) is 11.0. The van der Waals surface area contributed by atoms with Crippen molar-refractivity contribution in [1.82, 2.24) is 4.31 Å². The van der Waals surface area contributed by atoms with E-state index in [0.29, 0.717) is 17.1 Å². The van der Waals surface area contributed by atoms with E-state index in [1.54, 1.807) is 12.1 Å². The minimum atomic E-state index is -4.58. The first kappa shape index (κ1) is 15.8. The average Bonchev–Trinajstić information content (AvgIpc) is 3.19. The molecule has 0 aromatic heterocycles. The zero-order valence-corrected chi connectivity index (χ0v) is 11.8. The molecule has 0 bridgehead atoms. The molecule has 1 aromatic rings. The maximum atomic E-state index is 12.5. The van der Waals surface area contributed by atoms with Crippen LogP contribution >= 0.6 is 0 Å². The molecule has 21 heavy (non-hydrogen) atoms. The molecule has 2 rings (SSSR count). The molecule has 1 aliphatic rings. The highest BCUT2D eigenvalue weighted by Gasteiger charge is 2.44. The number of rotatable bonds is 5. The van der Waals surface area contributed by atoms with E-state index in [9.17, 15) is 21.6 Å². The Kier molecular flexibility index (Phi) is 4.25. The van der Waals surface area contributed by atoms with Crippen molar-refractivity contribution in [3.8, 4) is 6.07 Å². The van der Waals surface area contributed by atoms with Gasteiger partial charge < -0.3 is 0 Å². The smallest absolute Gasteiger partial charge is 0.212 e. The van der Waals surface area contributed by atoms with Gasteiger partial charge in [-0.1, -0.05) is 18.2 Å². The van der Waals surface area contributed by atoms with Crippen LogP contribution in [0.15, 0.2) is 24.3 Å². The quantitative estimate of drug-likeness (QED) is 0.837. The van der Waals surface area contributed by atoms with Crippen LogP contribution < -0.4 is 0 Å². The molecule has 0 N–H and O–H groups in total. The summed E-state index contributed by atoms with van der Waals surface area (Å²) in [5.74, 6) is -0.594. The van der Waals surface area contributed by atoms with E-state index in [2.05, 4.69) is 0 Å². The van der Waals surface area contributed by atoms with Gasteiger partial charge in [0.25, 0.3) is 0 Å². The van der Waals surface area contributed by atoms with E-state index < -0.39 is 34.5 Å². The highest BCUT2D eigenvalue weighted by molar-refractivity contribution is 7.88. The summed E-state index contributed by atoms with van der Waals surface area (Å²) in [4.78, 5) is 0. The largest absolute Gasteiger partial charge is 0.402 e. The van der Waals surface area contributed by atoms with Crippen molar-refractivity contribution in [3.63, 3.8) is 0 Å². The summed E-state index contributed by atoms with van der Waals surface area (Å²) in [5.41, 5.74) is 0.372. The fraction of sp³-hybridized carbons (Fsp3) is 0.462. The normalized spacial score (nSPS) is 16.0. The van der Waals surface area contributed by atoms with E-state index in [4.69, 9.17) is 5.26 Å². The second-order valence-electron chi connectivity index (χ2n) is 4.92. The highest BCUT2D eigenvalue weighted by Crippen LogP contribution is 2.33. The van der Waals surface area contributed by atoms with Crippen LogP contribution in [0.25, 0.3) is 0 Å². The molecule has 0 aliphatic heterocycles. The first-order chi connectivity index (χ1) is 9.73. The van der Waals surface area contributed by atoms with Crippen molar-refractivity contribution in [2.75, 3.05) is 6.54 Å². The molecular weight excluding hydrogens is 305 g/mol. The summed E-state index contributed by atoms with van der Waals surface area (Å²) in [7, 11) is -4.12. The second-order valence-corrected chi connectivity index (χ2v) is 6.84. The standard InChI is InChI=1S/C13H13F3N2O2S/c14-13(15,16)9-18(12-5-6-12)21(19,20)8-11-4-2-1-3-10(11)7-17/h1-4,12H,5-6,8-9H2. The lowest BCUT2D eigenvalue weighted by atomic mass is 10.1. The van der Waals surface area contributed by atoms with Crippen molar-refractivity contribution in [2.24, 2.45) is 0 Å². The van der Waals surface area contributed by atoms with E-state index in [1.807, 2.05) is 6.07 Å². The van der Waals surface area contributed by atoms with Gasteiger partial charge in [-0.3, -0.25) is 0 Å². The number of sulfonamides is 1. The molecule has 0 spiro atoms. The molecule has 0 heterocycles. The number of halogens is 3. The van der Waals surface area contributed by atoms with Crippen molar-refractivity contribution in [1.29, 1.82) is 5.26 Å². The number of nitrogens with zero attached hydrogens (tertiary/aromatic N) is 2. The summed E-state index contributed by atoms with van der Waals surface area (Å²) in [5, 5.41) is 8.92. The number of alkyl halides is 3. The van der Waals surface area contributed by atoms with Gasteiger partial charge in [0, 0.05) is 6.04 Å². The lowest BCUT2D eigenvalue weighted by Crippen LogP contribution is -2.41. The van der Waals surface area contributed by atoms with Crippen LogP contribution in [-0.2, 0) is 15.8 Å². The molecule has 1 saturated carbocycles. The van der Waals surface area contributed by atoms with E-state index in [-0.39, 0.29) is 11.1 Å². The molecule has 1 aromatic carbocycles. The monoisotopic (exact) mass is 318 g/mol. The van der Waals surface area contributed by atoms with Crippen LogP contribution in [0.5, 0.6) is 0 Å². The van der Waals surface area contributed by atoms with Crippen molar-refractivity contribution in [3.05, 3.63) is 35.4 Å². The fourth-order valence-corrected chi connectivity index (χ4v) is 3.85. The molecule has 0 radical (unpaired) electrons. The lowest BCUT2D eigenvalue weighted by Gasteiger charge is -2.23. The fourth-order valence-electron chi connectivity index (χ4n) is 2.03. The van der Waals surface area contributed by atoms with Crippen LogP contribution in [0, 0.1) is 11.3 Å². The Morgan fingerprint density at radius 2 is 1.90 bits per heavy atom. The number of hydrogen-bond donors (Lipinski definition) is 0. The third-order valence-corrected chi connectivity index (χ3v) is 4.94. The van der Waals surface area contributed by atoms with Crippen LogP contribution in [0.3, 0.4) is 0 Å². The summed E-state index contributed by atoms with van der Waals surface area (Å²) in [6.07, 6.45) is -3.70.